The lowest BCUT2D eigenvalue weighted by molar-refractivity contribution is -0.146. The number of carbonyl (C=O) groups is 1. The fraction of sp³-hybridized carbons (Fsp3) is 0.500. The molecule has 1 aromatic carbocycles. The van der Waals surface area contributed by atoms with Gasteiger partial charge in [0.2, 0.25) is 0 Å². The van der Waals surface area contributed by atoms with E-state index in [0.717, 1.165) is 5.56 Å². The summed E-state index contributed by atoms with van der Waals surface area (Å²) in [5.74, 6) is -0.211. The molecule has 0 bridgehead atoms. The Labute approximate surface area is 101 Å². The lowest BCUT2D eigenvalue weighted by atomic mass is 9.74. The molecule has 1 fully saturated rings. The quantitative estimate of drug-likeness (QED) is 0.814. The van der Waals surface area contributed by atoms with Gasteiger partial charge in [-0.3, -0.25) is 4.79 Å². The summed E-state index contributed by atoms with van der Waals surface area (Å²) in [6.07, 6.45) is 0.454. The molecule has 17 heavy (non-hydrogen) atoms. The summed E-state index contributed by atoms with van der Waals surface area (Å²) in [5, 5.41) is 9.64. The molecule has 3 unspecified atom stereocenters. The number of esters is 1. The van der Waals surface area contributed by atoms with E-state index in [1.165, 1.54) is 0 Å². The van der Waals surface area contributed by atoms with Crippen LogP contribution in [-0.2, 0) is 14.9 Å². The third-order valence-corrected chi connectivity index (χ3v) is 3.31. The molecule has 0 spiro atoms. The van der Waals surface area contributed by atoms with Crippen molar-refractivity contribution < 1.29 is 14.6 Å². The Morgan fingerprint density at radius 1 is 1.47 bits per heavy atom. The summed E-state index contributed by atoms with van der Waals surface area (Å²) in [5.41, 5.74) is 0.268. The zero-order valence-electron chi connectivity index (χ0n) is 10.2. The maximum Gasteiger partial charge on any atom is 0.317 e. The third-order valence-electron chi connectivity index (χ3n) is 3.31. The van der Waals surface area contributed by atoms with Crippen LogP contribution in [-0.4, -0.2) is 23.3 Å². The van der Waals surface area contributed by atoms with Crippen LogP contribution < -0.4 is 0 Å². The van der Waals surface area contributed by atoms with Gasteiger partial charge in [-0.05, 0) is 25.8 Å². The van der Waals surface area contributed by atoms with Gasteiger partial charge in [0, 0.05) is 6.42 Å². The number of carbonyl (C=O) groups excluding carboxylic acids is 1. The minimum absolute atomic E-state index is 0.0820. The van der Waals surface area contributed by atoms with Crippen LogP contribution in [0.15, 0.2) is 30.3 Å². The number of benzene rings is 1. The Bertz CT molecular complexity index is 399. The lowest BCUT2D eigenvalue weighted by Gasteiger charge is -2.26. The summed E-state index contributed by atoms with van der Waals surface area (Å²) in [6.45, 7) is 3.60. The van der Waals surface area contributed by atoms with Crippen LogP contribution >= 0.6 is 0 Å². The molecular formula is C14H18O3. The fourth-order valence-electron chi connectivity index (χ4n) is 2.69. The second-order valence-electron chi connectivity index (χ2n) is 4.92. The average Bonchev–Trinajstić information content (AvgIpc) is 2.55. The highest BCUT2D eigenvalue weighted by Gasteiger charge is 2.49. The maximum atomic E-state index is 12.1. The molecule has 0 radical (unpaired) electrons. The Morgan fingerprint density at radius 2 is 2.12 bits per heavy atom. The first kappa shape index (κ1) is 12.1. The van der Waals surface area contributed by atoms with E-state index < -0.39 is 11.5 Å². The Hall–Kier alpha value is -1.35. The van der Waals surface area contributed by atoms with E-state index in [2.05, 4.69) is 0 Å². The van der Waals surface area contributed by atoms with Crippen LogP contribution in [0.25, 0.3) is 0 Å². The molecule has 3 nitrogen and oxygen atoms in total. The molecule has 1 heterocycles. The van der Waals surface area contributed by atoms with Crippen LogP contribution in [0.5, 0.6) is 0 Å². The van der Waals surface area contributed by atoms with Crippen molar-refractivity contribution in [3.05, 3.63) is 35.9 Å². The standard InChI is InChI=1S/C14H18O3/c1-10(15)8-14(9-11(2)17-13(14)16)12-6-4-3-5-7-12/h3-7,10-11,15H,8-9H2,1-2H3. The zero-order valence-corrected chi connectivity index (χ0v) is 10.2. The topological polar surface area (TPSA) is 46.5 Å². The number of hydrogen-bond acceptors (Lipinski definition) is 3. The molecular weight excluding hydrogens is 216 g/mol. The van der Waals surface area contributed by atoms with Crippen molar-refractivity contribution in [3.63, 3.8) is 0 Å². The highest BCUT2D eigenvalue weighted by molar-refractivity contribution is 5.85. The Balaban J connectivity index is 2.41. The SMILES string of the molecule is CC(O)CC1(c2ccccc2)CC(C)OC1=O. The monoisotopic (exact) mass is 234 g/mol. The molecule has 92 valence electrons. The van der Waals surface area contributed by atoms with Crippen molar-refractivity contribution in [2.24, 2.45) is 0 Å². The lowest BCUT2D eigenvalue weighted by Crippen LogP contribution is -2.35. The van der Waals surface area contributed by atoms with Gasteiger partial charge in [0.05, 0.1) is 11.5 Å². The first-order valence-electron chi connectivity index (χ1n) is 5.99. The largest absolute Gasteiger partial charge is 0.462 e. The van der Waals surface area contributed by atoms with Crippen molar-refractivity contribution in [2.45, 2.75) is 44.3 Å². The van der Waals surface area contributed by atoms with Crippen molar-refractivity contribution in [1.82, 2.24) is 0 Å². The van der Waals surface area contributed by atoms with Crippen LogP contribution in [0.4, 0.5) is 0 Å². The van der Waals surface area contributed by atoms with E-state index in [4.69, 9.17) is 4.74 Å². The van der Waals surface area contributed by atoms with Gasteiger partial charge < -0.3 is 9.84 Å². The number of rotatable bonds is 3. The van der Waals surface area contributed by atoms with Gasteiger partial charge in [0.15, 0.2) is 0 Å². The van der Waals surface area contributed by atoms with Gasteiger partial charge in [-0.15, -0.1) is 0 Å². The van der Waals surface area contributed by atoms with E-state index in [0.29, 0.717) is 12.8 Å². The van der Waals surface area contributed by atoms with E-state index in [9.17, 15) is 9.90 Å². The van der Waals surface area contributed by atoms with Gasteiger partial charge in [-0.1, -0.05) is 30.3 Å². The van der Waals surface area contributed by atoms with Gasteiger partial charge >= 0.3 is 5.97 Å². The molecule has 1 aliphatic heterocycles. The van der Waals surface area contributed by atoms with Crippen LogP contribution in [0.1, 0.15) is 32.3 Å². The second-order valence-corrected chi connectivity index (χ2v) is 4.92. The fourth-order valence-corrected chi connectivity index (χ4v) is 2.69. The van der Waals surface area contributed by atoms with Gasteiger partial charge in [0.25, 0.3) is 0 Å². The molecule has 0 aromatic heterocycles. The molecule has 1 aromatic rings. The van der Waals surface area contributed by atoms with E-state index >= 15 is 0 Å². The van der Waals surface area contributed by atoms with Crippen molar-refractivity contribution in [1.29, 1.82) is 0 Å². The Morgan fingerprint density at radius 3 is 2.59 bits per heavy atom. The number of hydrogen-bond donors (Lipinski definition) is 1. The van der Waals surface area contributed by atoms with Crippen molar-refractivity contribution in [3.8, 4) is 0 Å². The number of aliphatic hydroxyl groups excluding tert-OH is 1. The third kappa shape index (κ3) is 2.20. The smallest absolute Gasteiger partial charge is 0.317 e. The first-order chi connectivity index (χ1) is 8.04. The summed E-state index contributed by atoms with van der Waals surface area (Å²) >= 11 is 0. The average molecular weight is 234 g/mol. The van der Waals surface area contributed by atoms with Crippen molar-refractivity contribution >= 4 is 5.97 Å². The molecule has 0 saturated carbocycles. The minimum atomic E-state index is -0.672. The van der Waals surface area contributed by atoms with Crippen LogP contribution in [0.3, 0.4) is 0 Å². The van der Waals surface area contributed by atoms with Gasteiger partial charge in [-0.2, -0.15) is 0 Å². The van der Waals surface area contributed by atoms with E-state index in [1.54, 1.807) is 6.92 Å². The highest BCUT2D eigenvalue weighted by atomic mass is 16.6. The minimum Gasteiger partial charge on any atom is -0.462 e. The summed E-state index contributed by atoms with van der Waals surface area (Å²) < 4.78 is 5.28. The van der Waals surface area contributed by atoms with E-state index in [1.807, 2.05) is 37.3 Å². The van der Waals surface area contributed by atoms with Gasteiger partial charge in [0.1, 0.15) is 6.10 Å². The molecule has 1 aliphatic rings. The number of ether oxygens (including phenoxy) is 1. The maximum absolute atomic E-state index is 12.1. The highest BCUT2D eigenvalue weighted by Crippen LogP contribution is 2.41. The van der Waals surface area contributed by atoms with E-state index in [-0.39, 0.29) is 12.1 Å². The molecule has 3 heteroatoms. The molecule has 2 rings (SSSR count). The second kappa shape index (κ2) is 4.49. The van der Waals surface area contributed by atoms with Gasteiger partial charge in [-0.25, -0.2) is 0 Å². The van der Waals surface area contributed by atoms with Crippen molar-refractivity contribution in [2.75, 3.05) is 0 Å². The number of cyclic esters (lactones) is 1. The molecule has 1 N–H and O–H groups in total. The number of aliphatic hydroxyl groups is 1. The summed E-state index contributed by atoms with van der Waals surface area (Å²) in [6, 6.07) is 9.61. The molecule has 3 atom stereocenters. The predicted octanol–water partition coefficient (Wildman–Crippen LogP) is 2.03. The first-order valence-corrected chi connectivity index (χ1v) is 5.99. The molecule has 1 saturated heterocycles. The van der Waals surface area contributed by atoms with Crippen LogP contribution in [0.2, 0.25) is 0 Å². The Kier molecular flexibility index (Phi) is 3.20. The molecule has 0 aliphatic carbocycles. The summed E-state index contributed by atoms with van der Waals surface area (Å²) in [4.78, 5) is 12.1. The van der Waals surface area contributed by atoms with Crippen LogP contribution in [0, 0.1) is 0 Å². The molecule has 0 amide bonds. The zero-order chi connectivity index (χ0) is 12.5. The normalized spacial score (nSPS) is 30.1. The summed E-state index contributed by atoms with van der Waals surface area (Å²) in [7, 11) is 0. The predicted molar refractivity (Wildman–Crippen MR) is 64.6 cm³/mol.